The fourth-order valence-electron chi connectivity index (χ4n) is 2.43. The molecule has 0 aromatic heterocycles. The molecule has 0 fully saturated rings. The van der Waals surface area contributed by atoms with E-state index in [1.54, 1.807) is 42.6 Å². The SMILES string of the molecule is Cc1ccc(N=Cc2cc(Cl)ccc2OCc2ccc([N+](=O)[O-])cc2)cc1Cl. The number of non-ortho nitro benzene ring substituents is 1. The molecule has 0 saturated heterocycles. The lowest BCUT2D eigenvalue weighted by Gasteiger charge is -2.10. The minimum absolute atomic E-state index is 0.0415. The smallest absolute Gasteiger partial charge is 0.269 e. The Balaban J connectivity index is 1.77. The van der Waals surface area contributed by atoms with Crippen molar-refractivity contribution in [3.63, 3.8) is 0 Å². The van der Waals surface area contributed by atoms with Crippen molar-refractivity contribution in [2.45, 2.75) is 13.5 Å². The number of aliphatic imine (C=N–C) groups is 1. The van der Waals surface area contributed by atoms with Gasteiger partial charge in [0.15, 0.2) is 0 Å². The molecule has 142 valence electrons. The van der Waals surface area contributed by atoms with Crippen LogP contribution < -0.4 is 4.74 Å². The second-order valence-electron chi connectivity index (χ2n) is 6.09. The highest BCUT2D eigenvalue weighted by atomic mass is 35.5. The molecule has 28 heavy (non-hydrogen) atoms. The van der Waals surface area contributed by atoms with E-state index < -0.39 is 4.92 Å². The Morgan fingerprint density at radius 2 is 1.82 bits per heavy atom. The number of aryl methyl sites for hydroxylation is 1. The summed E-state index contributed by atoms with van der Waals surface area (Å²) in [5.74, 6) is 0.602. The van der Waals surface area contributed by atoms with Crippen LogP contribution in [0.1, 0.15) is 16.7 Å². The lowest BCUT2D eigenvalue weighted by atomic mass is 10.2. The Labute approximate surface area is 172 Å². The fraction of sp³-hybridized carbons (Fsp3) is 0.0952. The van der Waals surface area contributed by atoms with Crippen molar-refractivity contribution in [2.75, 3.05) is 0 Å². The molecule has 0 amide bonds. The van der Waals surface area contributed by atoms with Crippen molar-refractivity contribution in [3.05, 3.63) is 97.5 Å². The maximum absolute atomic E-state index is 10.7. The summed E-state index contributed by atoms with van der Waals surface area (Å²) >= 11 is 12.2. The third-order valence-electron chi connectivity index (χ3n) is 4.02. The summed E-state index contributed by atoms with van der Waals surface area (Å²) in [5.41, 5.74) is 3.27. The van der Waals surface area contributed by atoms with Crippen LogP contribution in [0.25, 0.3) is 0 Å². The van der Waals surface area contributed by atoms with Gasteiger partial charge in [-0.15, -0.1) is 0 Å². The number of nitro benzene ring substituents is 1. The molecule has 0 atom stereocenters. The van der Waals surface area contributed by atoms with Crippen LogP contribution in [0, 0.1) is 17.0 Å². The predicted molar refractivity (Wildman–Crippen MR) is 112 cm³/mol. The number of ether oxygens (including phenoxy) is 1. The van der Waals surface area contributed by atoms with Gasteiger partial charge in [-0.05, 0) is 60.5 Å². The van der Waals surface area contributed by atoms with Crippen LogP contribution in [0.3, 0.4) is 0 Å². The molecule has 0 aliphatic rings. The van der Waals surface area contributed by atoms with Crippen LogP contribution >= 0.6 is 23.2 Å². The van der Waals surface area contributed by atoms with Gasteiger partial charge < -0.3 is 4.74 Å². The van der Waals surface area contributed by atoms with Crippen LogP contribution in [0.15, 0.2) is 65.7 Å². The van der Waals surface area contributed by atoms with E-state index >= 15 is 0 Å². The Morgan fingerprint density at radius 3 is 2.50 bits per heavy atom. The van der Waals surface area contributed by atoms with E-state index in [9.17, 15) is 10.1 Å². The molecule has 0 unspecified atom stereocenters. The predicted octanol–water partition coefficient (Wildman–Crippen LogP) is 6.54. The number of halogens is 2. The lowest BCUT2D eigenvalue weighted by molar-refractivity contribution is -0.384. The highest BCUT2D eigenvalue weighted by Gasteiger charge is 2.07. The van der Waals surface area contributed by atoms with Gasteiger partial charge >= 0.3 is 0 Å². The van der Waals surface area contributed by atoms with E-state index in [1.807, 2.05) is 19.1 Å². The van der Waals surface area contributed by atoms with Crippen molar-refractivity contribution < 1.29 is 9.66 Å². The van der Waals surface area contributed by atoms with Gasteiger partial charge in [0.1, 0.15) is 12.4 Å². The molecule has 0 aliphatic carbocycles. The van der Waals surface area contributed by atoms with Crippen LogP contribution in [0.2, 0.25) is 10.0 Å². The van der Waals surface area contributed by atoms with Gasteiger partial charge in [-0.25, -0.2) is 0 Å². The minimum atomic E-state index is -0.435. The van der Waals surface area contributed by atoms with Gasteiger partial charge in [-0.2, -0.15) is 0 Å². The second-order valence-corrected chi connectivity index (χ2v) is 6.93. The Morgan fingerprint density at radius 1 is 1.07 bits per heavy atom. The standard InChI is InChI=1S/C21H16Cl2N2O3/c1-14-2-6-18(11-20(14)23)24-12-16-10-17(22)5-9-21(16)28-13-15-3-7-19(8-4-15)25(26)27/h2-12H,13H2,1H3. The summed E-state index contributed by atoms with van der Waals surface area (Å²) < 4.78 is 5.86. The molecule has 0 radical (unpaired) electrons. The number of hydrogen-bond donors (Lipinski definition) is 0. The average Bonchev–Trinajstić information content (AvgIpc) is 2.68. The molecule has 7 heteroatoms. The summed E-state index contributed by atoms with van der Waals surface area (Å²) in [7, 11) is 0. The summed E-state index contributed by atoms with van der Waals surface area (Å²) in [5, 5.41) is 11.9. The first kappa shape index (κ1) is 19.9. The minimum Gasteiger partial charge on any atom is -0.488 e. The zero-order valence-corrected chi connectivity index (χ0v) is 16.4. The second kappa shape index (κ2) is 8.87. The summed E-state index contributed by atoms with van der Waals surface area (Å²) in [4.78, 5) is 14.7. The molecule has 5 nitrogen and oxygen atoms in total. The number of rotatable bonds is 6. The average molecular weight is 415 g/mol. The van der Waals surface area contributed by atoms with Crippen LogP contribution in [0.5, 0.6) is 5.75 Å². The molecule has 0 saturated carbocycles. The summed E-state index contributed by atoms with van der Waals surface area (Å²) in [6, 6.07) is 17.0. The number of hydrogen-bond acceptors (Lipinski definition) is 4. The zero-order chi connectivity index (χ0) is 20.1. The topological polar surface area (TPSA) is 64.7 Å². The Bertz CT molecular complexity index is 1030. The van der Waals surface area contributed by atoms with E-state index in [4.69, 9.17) is 27.9 Å². The molecule has 3 rings (SSSR count). The fourth-order valence-corrected chi connectivity index (χ4v) is 2.79. The van der Waals surface area contributed by atoms with Gasteiger partial charge in [0.2, 0.25) is 0 Å². The van der Waals surface area contributed by atoms with Crippen molar-refractivity contribution in [1.82, 2.24) is 0 Å². The van der Waals surface area contributed by atoms with Gasteiger partial charge in [-0.3, -0.25) is 15.1 Å². The van der Waals surface area contributed by atoms with E-state index in [1.165, 1.54) is 12.1 Å². The first-order valence-electron chi connectivity index (χ1n) is 8.38. The molecular weight excluding hydrogens is 399 g/mol. The van der Waals surface area contributed by atoms with Gasteiger partial charge in [0.25, 0.3) is 5.69 Å². The van der Waals surface area contributed by atoms with Crippen molar-refractivity contribution in [2.24, 2.45) is 4.99 Å². The lowest BCUT2D eigenvalue weighted by Crippen LogP contribution is -1.99. The highest BCUT2D eigenvalue weighted by Crippen LogP contribution is 2.25. The first-order chi connectivity index (χ1) is 13.4. The first-order valence-corrected chi connectivity index (χ1v) is 9.14. The van der Waals surface area contributed by atoms with E-state index in [0.717, 1.165) is 16.8 Å². The van der Waals surface area contributed by atoms with Crippen LogP contribution in [-0.4, -0.2) is 11.1 Å². The molecule has 0 heterocycles. The third-order valence-corrected chi connectivity index (χ3v) is 4.66. The normalized spacial score (nSPS) is 11.0. The highest BCUT2D eigenvalue weighted by molar-refractivity contribution is 6.31. The molecular formula is C21H16Cl2N2O3. The van der Waals surface area contributed by atoms with E-state index in [0.29, 0.717) is 21.4 Å². The molecule has 0 aliphatic heterocycles. The number of nitro groups is 1. The Hall–Kier alpha value is -2.89. The third kappa shape index (κ3) is 5.09. The summed E-state index contributed by atoms with van der Waals surface area (Å²) in [6.45, 7) is 2.19. The molecule has 3 aromatic rings. The van der Waals surface area contributed by atoms with E-state index in [-0.39, 0.29) is 12.3 Å². The van der Waals surface area contributed by atoms with Crippen molar-refractivity contribution in [3.8, 4) is 5.75 Å². The number of benzene rings is 3. The quantitative estimate of drug-likeness (QED) is 0.261. The Kier molecular flexibility index (Phi) is 6.29. The van der Waals surface area contributed by atoms with Crippen molar-refractivity contribution >= 4 is 40.8 Å². The maximum atomic E-state index is 10.7. The monoisotopic (exact) mass is 414 g/mol. The van der Waals surface area contributed by atoms with Gasteiger partial charge in [0, 0.05) is 34.0 Å². The largest absolute Gasteiger partial charge is 0.488 e. The molecule has 0 N–H and O–H groups in total. The van der Waals surface area contributed by atoms with Crippen LogP contribution in [-0.2, 0) is 6.61 Å². The summed E-state index contributed by atoms with van der Waals surface area (Å²) in [6.07, 6.45) is 1.66. The van der Waals surface area contributed by atoms with Crippen LogP contribution in [0.4, 0.5) is 11.4 Å². The number of nitrogens with zero attached hydrogens (tertiary/aromatic N) is 2. The molecule has 0 bridgehead atoms. The van der Waals surface area contributed by atoms with Gasteiger partial charge in [-0.1, -0.05) is 29.3 Å². The van der Waals surface area contributed by atoms with Gasteiger partial charge in [0.05, 0.1) is 10.6 Å². The molecule has 3 aromatic carbocycles. The van der Waals surface area contributed by atoms with Crippen molar-refractivity contribution in [1.29, 1.82) is 0 Å². The zero-order valence-electron chi connectivity index (χ0n) is 14.9. The maximum Gasteiger partial charge on any atom is 0.269 e. The molecule has 0 spiro atoms. The van der Waals surface area contributed by atoms with E-state index in [2.05, 4.69) is 4.99 Å².